The van der Waals surface area contributed by atoms with Gasteiger partial charge >= 0.3 is 12.0 Å². The minimum Gasteiger partial charge on any atom is -0.480 e. The van der Waals surface area contributed by atoms with E-state index in [9.17, 15) is 19.2 Å². The van der Waals surface area contributed by atoms with Gasteiger partial charge in [0.1, 0.15) is 19.1 Å². The molecule has 1 fully saturated rings. The standard InChI is InChI=1S/C10H15N3O5/c1-5(2)8(9(16)17)12-10(18)13-3-6(14)11-7(15)4-13/h5,8H,3-4H2,1-2H3,(H,12,18)(H,16,17)(H,11,14,15)/t8-/m0/s1. The topological polar surface area (TPSA) is 116 Å². The highest BCUT2D eigenvalue weighted by Gasteiger charge is 2.30. The number of amides is 4. The summed E-state index contributed by atoms with van der Waals surface area (Å²) in [6.45, 7) is 2.77. The highest BCUT2D eigenvalue weighted by molar-refractivity contribution is 6.02. The van der Waals surface area contributed by atoms with Gasteiger partial charge in [-0.3, -0.25) is 14.9 Å². The SMILES string of the molecule is CC(C)[C@H](NC(=O)N1CC(=O)NC(=O)C1)C(=O)O. The van der Waals surface area contributed by atoms with Gasteiger partial charge in [0.25, 0.3) is 0 Å². The average Bonchev–Trinajstić information content (AvgIpc) is 2.23. The number of rotatable bonds is 3. The van der Waals surface area contributed by atoms with Crippen LogP contribution in [0.5, 0.6) is 0 Å². The van der Waals surface area contributed by atoms with Gasteiger partial charge in [-0.05, 0) is 5.92 Å². The number of piperazine rings is 1. The second-order valence-electron chi connectivity index (χ2n) is 4.34. The summed E-state index contributed by atoms with van der Waals surface area (Å²) in [4.78, 5) is 45.8. The van der Waals surface area contributed by atoms with Crippen LogP contribution in [0, 0.1) is 5.92 Å². The van der Waals surface area contributed by atoms with Gasteiger partial charge in [0, 0.05) is 0 Å². The molecule has 1 aliphatic rings. The van der Waals surface area contributed by atoms with E-state index >= 15 is 0 Å². The van der Waals surface area contributed by atoms with Gasteiger partial charge in [-0.2, -0.15) is 0 Å². The predicted molar refractivity (Wildman–Crippen MR) is 59.5 cm³/mol. The Kier molecular flexibility index (Phi) is 4.24. The van der Waals surface area contributed by atoms with Gasteiger partial charge in [0.2, 0.25) is 11.8 Å². The molecular weight excluding hydrogens is 242 g/mol. The first-order chi connectivity index (χ1) is 8.31. The zero-order valence-electron chi connectivity index (χ0n) is 10.1. The Morgan fingerprint density at radius 3 is 2.17 bits per heavy atom. The molecule has 1 atom stereocenters. The number of hydrogen-bond donors (Lipinski definition) is 3. The number of carboxylic acids is 1. The van der Waals surface area contributed by atoms with Gasteiger partial charge < -0.3 is 15.3 Å². The molecule has 0 saturated carbocycles. The molecule has 8 nitrogen and oxygen atoms in total. The molecule has 1 heterocycles. The Morgan fingerprint density at radius 1 is 1.28 bits per heavy atom. The molecule has 4 amide bonds. The summed E-state index contributed by atoms with van der Waals surface area (Å²) in [5.74, 6) is -2.64. The molecule has 18 heavy (non-hydrogen) atoms. The van der Waals surface area contributed by atoms with Gasteiger partial charge in [-0.15, -0.1) is 0 Å². The lowest BCUT2D eigenvalue weighted by atomic mass is 10.1. The highest BCUT2D eigenvalue weighted by atomic mass is 16.4. The maximum atomic E-state index is 11.7. The van der Waals surface area contributed by atoms with Gasteiger partial charge in [0.15, 0.2) is 0 Å². The van der Waals surface area contributed by atoms with Crippen molar-refractivity contribution in [2.45, 2.75) is 19.9 Å². The van der Waals surface area contributed by atoms with Crippen molar-refractivity contribution in [1.29, 1.82) is 0 Å². The molecule has 1 saturated heterocycles. The normalized spacial score (nSPS) is 17.4. The van der Waals surface area contributed by atoms with Gasteiger partial charge in [-0.25, -0.2) is 9.59 Å². The minimum absolute atomic E-state index is 0.262. The maximum absolute atomic E-state index is 11.7. The summed E-state index contributed by atoms with van der Waals surface area (Å²) in [5, 5.41) is 13.2. The number of imide groups is 1. The van der Waals surface area contributed by atoms with E-state index in [2.05, 4.69) is 5.32 Å². The van der Waals surface area contributed by atoms with Gasteiger partial charge in [-0.1, -0.05) is 13.8 Å². The largest absolute Gasteiger partial charge is 0.480 e. The summed E-state index contributed by atoms with van der Waals surface area (Å²) < 4.78 is 0. The van der Waals surface area contributed by atoms with Gasteiger partial charge in [0.05, 0.1) is 0 Å². The monoisotopic (exact) mass is 257 g/mol. The van der Waals surface area contributed by atoms with Crippen LogP contribution in [0.15, 0.2) is 0 Å². The van der Waals surface area contributed by atoms with E-state index in [0.717, 1.165) is 4.90 Å². The number of hydrogen-bond acceptors (Lipinski definition) is 4. The summed E-state index contributed by atoms with van der Waals surface area (Å²) in [6, 6.07) is -1.79. The number of nitrogens with one attached hydrogen (secondary N) is 2. The maximum Gasteiger partial charge on any atom is 0.326 e. The number of urea groups is 1. The minimum atomic E-state index is -1.16. The zero-order chi connectivity index (χ0) is 13.9. The van der Waals surface area contributed by atoms with Crippen molar-refractivity contribution in [2.24, 2.45) is 5.92 Å². The molecule has 0 unspecified atom stereocenters. The number of carbonyl (C=O) groups excluding carboxylic acids is 3. The van der Waals surface area contributed by atoms with E-state index in [1.807, 2.05) is 5.32 Å². The van der Waals surface area contributed by atoms with E-state index < -0.39 is 29.9 Å². The van der Waals surface area contributed by atoms with E-state index in [1.165, 1.54) is 0 Å². The summed E-state index contributed by atoms with van der Waals surface area (Å²) >= 11 is 0. The van der Waals surface area contributed by atoms with E-state index in [1.54, 1.807) is 13.8 Å². The molecule has 0 radical (unpaired) electrons. The molecule has 0 aromatic carbocycles. The van der Waals surface area contributed by atoms with Crippen LogP contribution >= 0.6 is 0 Å². The van der Waals surface area contributed by atoms with Crippen LogP contribution in [0.4, 0.5) is 4.79 Å². The van der Waals surface area contributed by atoms with Crippen LogP contribution in [-0.4, -0.2) is 53.0 Å². The second kappa shape index (κ2) is 5.48. The molecule has 3 N–H and O–H groups in total. The lowest BCUT2D eigenvalue weighted by Gasteiger charge is -2.28. The second-order valence-corrected chi connectivity index (χ2v) is 4.34. The molecule has 8 heteroatoms. The molecule has 100 valence electrons. The molecule has 0 aromatic heterocycles. The molecule has 1 rings (SSSR count). The Labute approximate surface area is 103 Å². The van der Waals surface area contributed by atoms with Crippen LogP contribution < -0.4 is 10.6 Å². The fraction of sp³-hybridized carbons (Fsp3) is 0.600. The van der Waals surface area contributed by atoms with Crippen molar-refractivity contribution in [3.8, 4) is 0 Å². The van der Waals surface area contributed by atoms with Crippen LogP contribution in [-0.2, 0) is 14.4 Å². The van der Waals surface area contributed by atoms with E-state index in [-0.39, 0.29) is 19.0 Å². The Morgan fingerprint density at radius 2 is 1.78 bits per heavy atom. The Bertz CT molecular complexity index is 377. The van der Waals surface area contributed by atoms with Crippen molar-refractivity contribution in [1.82, 2.24) is 15.5 Å². The lowest BCUT2D eigenvalue weighted by Crippen LogP contribution is -2.58. The van der Waals surface area contributed by atoms with Crippen LogP contribution in [0.1, 0.15) is 13.8 Å². The smallest absolute Gasteiger partial charge is 0.326 e. The fourth-order valence-electron chi connectivity index (χ4n) is 1.52. The summed E-state index contributed by atoms with van der Waals surface area (Å²) in [7, 11) is 0. The Balaban J connectivity index is 2.66. The predicted octanol–water partition coefficient (Wildman–Crippen LogP) is -1.24. The van der Waals surface area contributed by atoms with E-state index in [4.69, 9.17) is 5.11 Å². The van der Waals surface area contributed by atoms with Crippen molar-refractivity contribution < 1.29 is 24.3 Å². The highest BCUT2D eigenvalue weighted by Crippen LogP contribution is 2.04. The van der Waals surface area contributed by atoms with Crippen molar-refractivity contribution in [3.63, 3.8) is 0 Å². The third kappa shape index (κ3) is 3.44. The van der Waals surface area contributed by atoms with Crippen LogP contribution in [0.3, 0.4) is 0 Å². The lowest BCUT2D eigenvalue weighted by molar-refractivity contribution is -0.140. The third-order valence-electron chi connectivity index (χ3n) is 2.45. The molecule has 0 aliphatic carbocycles. The fourth-order valence-corrected chi connectivity index (χ4v) is 1.52. The molecule has 1 aliphatic heterocycles. The summed E-state index contributed by atoms with van der Waals surface area (Å²) in [5.41, 5.74) is 0. The summed E-state index contributed by atoms with van der Waals surface area (Å²) in [6.07, 6.45) is 0. The molecule has 0 spiro atoms. The number of carboxylic acid groups (broad SMARTS) is 1. The van der Waals surface area contributed by atoms with Crippen LogP contribution in [0.25, 0.3) is 0 Å². The number of aliphatic carboxylic acids is 1. The van der Waals surface area contributed by atoms with Crippen molar-refractivity contribution >= 4 is 23.8 Å². The molecule has 0 aromatic rings. The zero-order valence-corrected chi connectivity index (χ0v) is 10.1. The quantitative estimate of drug-likeness (QED) is 0.547. The number of nitrogens with zero attached hydrogens (tertiary/aromatic N) is 1. The molecule has 0 bridgehead atoms. The number of carbonyl (C=O) groups is 4. The Hall–Kier alpha value is -2.12. The third-order valence-corrected chi connectivity index (χ3v) is 2.45. The molecular formula is C10H15N3O5. The van der Waals surface area contributed by atoms with Crippen molar-refractivity contribution in [3.05, 3.63) is 0 Å². The van der Waals surface area contributed by atoms with Crippen molar-refractivity contribution in [2.75, 3.05) is 13.1 Å². The first-order valence-corrected chi connectivity index (χ1v) is 5.42. The van der Waals surface area contributed by atoms with E-state index in [0.29, 0.717) is 0 Å². The first kappa shape index (κ1) is 13.9. The first-order valence-electron chi connectivity index (χ1n) is 5.42. The average molecular weight is 257 g/mol. The van der Waals surface area contributed by atoms with Crippen LogP contribution in [0.2, 0.25) is 0 Å².